The smallest absolute Gasteiger partial charge is 0.340 e. The van der Waals surface area contributed by atoms with Crippen molar-refractivity contribution < 1.29 is 9.90 Å². The monoisotopic (exact) mass is 238 g/mol. The Kier molecular flexibility index (Phi) is 3.14. The molecule has 1 heterocycles. The van der Waals surface area contributed by atoms with Crippen LogP contribution in [-0.2, 0) is 0 Å². The highest BCUT2D eigenvalue weighted by Crippen LogP contribution is 2.39. The molecular formula is C11H14N2O2S. The molecule has 0 aromatic carbocycles. The molecule has 1 aromatic rings. The molecule has 5 heteroatoms. The third kappa shape index (κ3) is 2.19. The molecule has 2 rings (SSSR count). The molecule has 1 aliphatic carbocycles. The maximum atomic E-state index is 11.1. The minimum absolute atomic E-state index is 0.260. The van der Waals surface area contributed by atoms with Crippen LogP contribution in [0.25, 0.3) is 0 Å². The number of aromatic nitrogens is 2. The highest BCUT2D eigenvalue weighted by molar-refractivity contribution is 7.99. The van der Waals surface area contributed by atoms with E-state index < -0.39 is 5.97 Å². The first-order valence-electron chi connectivity index (χ1n) is 5.38. The summed E-state index contributed by atoms with van der Waals surface area (Å²) >= 11 is 1.47. The fourth-order valence-corrected chi connectivity index (χ4v) is 2.39. The van der Waals surface area contributed by atoms with Gasteiger partial charge in [-0.15, -0.1) is 11.8 Å². The number of carbonyl (C=O) groups is 1. The highest BCUT2D eigenvalue weighted by atomic mass is 32.2. The molecule has 0 spiro atoms. The summed E-state index contributed by atoms with van der Waals surface area (Å²) in [6, 6.07) is 0. The average Bonchev–Trinajstić information content (AvgIpc) is 2.99. The van der Waals surface area contributed by atoms with E-state index in [1.54, 1.807) is 6.92 Å². The molecule has 16 heavy (non-hydrogen) atoms. The van der Waals surface area contributed by atoms with Crippen LogP contribution in [0, 0.1) is 6.92 Å². The van der Waals surface area contributed by atoms with E-state index in [0.29, 0.717) is 16.6 Å². The van der Waals surface area contributed by atoms with Crippen molar-refractivity contribution in [2.24, 2.45) is 0 Å². The average molecular weight is 238 g/mol. The fourth-order valence-electron chi connectivity index (χ4n) is 1.58. The van der Waals surface area contributed by atoms with Crippen molar-refractivity contribution in [1.82, 2.24) is 9.97 Å². The Balaban J connectivity index is 2.46. The first-order valence-corrected chi connectivity index (χ1v) is 6.36. The van der Waals surface area contributed by atoms with E-state index in [-0.39, 0.29) is 5.56 Å². The lowest BCUT2D eigenvalue weighted by Gasteiger charge is -2.08. The lowest BCUT2D eigenvalue weighted by molar-refractivity contribution is 0.0690. The maximum absolute atomic E-state index is 11.1. The Morgan fingerprint density at radius 2 is 2.19 bits per heavy atom. The fraction of sp³-hybridized carbons (Fsp3) is 0.545. The van der Waals surface area contributed by atoms with Gasteiger partial charge in [0.1, 0.15) is 16.4 Å². The maximum Gasteiger partial charge on any atom is 0.340 e. The SMILES string of the molecule is CCSc1nc(C2CC2)nc(C)c1C(=O)O. The largest absolute Gasteiger partial charge is 0.478 e. The van der Waals surface area contributed by atoms with Gasteiger partial charge in [-0.25, -0.2) is 14.8 Å². The van der Waals surface area contributed by atoms with Crippen molar-refractivity contribution in [3.63, 3.8) is 0 Å². The molecule has 0 atom stereocenters. The molecule has 0 radical (unpaired) electrons. The summed E-state index contributed by atoms with van der Waals surface area (Å²) in [6.07, 6.45) is 2.25. The highest BCUT2D eigenvalue weighted by Gasteiger charge is 2.29. The van der Waals surface area contributed by atoms with Crippen molar-refractivity contribution >= 4 is 17.7 Å². The number of carboxylic acids is 1. The summed E-state index contributed by atoms with van der Waals surface area (Å²) in [5, 5.41) is 9.74. The molecule has 1 aromatic heterocycles. The van der Waals surface area contributed by atoms with Crippen LogP contribution >= 0.6 is 11.8 Å². The number of carboxylic acid groups (broad SMARTS) is 1. The van der Waals surface area contributed by atoms with Crippen LogP contribution in [0.4, 0.5) is 0 Å². The van der Waals surface area contributed by atoms with Crippen molar-refractivity contribution in [2.75, 3.05) is 5.75 Å². The molecule has 1 N–H and O–H groups in total. The van der Waals surface area contributed by atoms with Gasteiger partial charge in [0.2, 0.25) is 0 Å². The predicted octanol–water partition coefficient (Wildman–Crippen LogP) is 2.47. The molecule has 0 saturated heterocycles. The second kappa shape index (κ2) is 4.41. The van der Waals surface area contributed by atoms with E-state index in [4.69, 9.17) is 5.11 Å². The Bertz CT molecular complexity index is 430. The van der Waals surface area contributed by atoms with Crippen LogP contribution in [0.15, 0.2) is 5.03 Å². The minimum Gasteiger partial charge on any atom is -0.478 e. The van der Waals surface area contributed by atoms with Gasteiger partial charge in [-0.3, -0.25) is 0 Å². The molecule has 0 unspecified atom stereocenters. The molecule has 0 bridgehead atoms. The Morgan fingerprint density at radius 3 is 2.69 bits per heavy atom. The third-order valence-electron chi connectivity index (χ3n) is 2.51. The van der Waals surface area contributed by atoms with Crippen LogP contribution < -0.4 is 0 Å². The van der Waals surface area contributed by atoms with Gasteiger partial charge in [-0.1, -0.05) is 6.92 Å². The normalized spacial score (nSPS) is 15.1. The summed E-state index contributed by atoms with van der Waals surface area (Å²) in [7, 11) is 0. The number of aromatic carboxylic acids is 1. The van der Waals surface area contributed by atoms with Gasteiger partial charge >= 0.3 is 5.97 Å². The first-order chi connectivity index (χ1) is 7.63. The van der Waals surface area contributed by atoms with Gasteiger partial charge in [0.05, 0.1) is 5.69 Å². The number of nitrogens with zero attached hydrogens (tertiary/aromatic N) is 2. The van der Waals surface area contributed by atoms with E-state index in [2.05, 4.69) is 9.97 Å². The van der Waals surface area contributed by atoms with E-state index >= 15 is 0 Å². The topological polar surface area (TPSA) is 63.1 Å². The lowest BCUT2D eigenvalue weighted by Crippen LogP contribution is -2.09. The molecule has 0 aliphatic heterocycles. The Morgan fingerprint density at radius 1 is 1.50 bits per heavy atom. The van der Waals surface area contributed by atoms with Gasteiger partial charge < -0.3 is 5.11 Å². The zero-order valence-corrected chi connectivity index (χ0v) is 10.2. The number of aryl methyl sites for hydroxylation is 1. The quantitative estimate of drug-likeness (QED) is 0.645. The van der Waals surface area contributed by atoms with Crippen LogP contribution in [0.1, 0.15) is 47.6 Å². The van der Waals surface area contributed by atoms with Crippen molar-refractivity contribution in [3.8, 4) is 0 Å². The van der Waals surface area contributed by atoms with Crippen LogP contribution in [0.2, 0.25) is 0 Å². The van der Waals surface area contributed by atoms with E-state index in [9.17, 15) is 4.79 Å². The Labute approximate surface area is 98.5 Å². The molecular weight excluding hydrogens is 224 g/mol. The van der Waals surface area contributed by atoms with Crippen LogP contribution in [0.3, 0.4) is 0 Å². The van der Waals surface area contributed by atoms with E-state index in [1.807, 2.05) is 6.92 Å². The van der Waals surface area contributed by atoms with Gasteiger partial charge in [0.25, 0.3) is 0 Å². The third-order valence-corrected chi connectivity index (χ3v) is 3.37. The van der Waals surface area contributed by atoms with Gasteiger partial charge in [0, 0.05) is 5.92 Å². The molecule has 86 valence electrons. The Hall–Kier alpha value is -1.10. The lowest BCUT2D eigenvalue weighted by atomic mass is 10.2. The summed E-state index contributed by atoms with van der Waals surface area (Å²) in [5.41, 5.74) is 0.844. The second-order valence-corrected chi connectivity index (χ2v) is 5.11. The van der Waals surface area contributed by atoms with Gasteiger partial charge in [-0.05, 0) is 25.5 Å². The number of thioether (sulfide) groups is 1. The summed E-state index contributed by atoms with van der Waals surface area (Å²) < 4.78 is 0. The van der Waals surface area contributed by atoms with Crippen molar-refractivity contribution in [2.45, 2.75) is 37.6 Å². The van der Waals surface area contributed by atoms with Crippen molar-refractivity contribution in [1.29, 1.82) is 0 Å². The zero-order valence-electron chi connectivity index (χ0n) is 9.36. The van der Waals surface area contributed by atoms with Crippen LogP contribution in [0.5, 0.6) is 0 Å². The first kappa shape index (κ1) is 11.4. The molecule has 4 nitrogen and oxygen atoms in total. The molecule has 1 saturated carbocycles. The predicted molar refractivity (Wildman–Crippen MR) is 62.1 cm³/mol. The van der Waals surface area contributed by atoms with E-state index in [1.165, 1.54) is 11.8 Å². The number of rotatable bonds is 4. The summed E-state index contributed by atoms with van der Waals surface area (Å²) in [4.78, 5) is 19.8. The second-order valence-electron chi connectivity index (χ2n) is 3.86. The van der Waals surface area contributed by atoms with Crippen LogP contribution in [-0.4, -0.2) is 26.8 Å². The summed E-state index contributed by atoms with van der Waals surface area (Å²) in [5.74, 6) is 1.16. The molecule has 0 amide bonds. The van der Waals surface area contributed by atoms with Crippen molar-refractivity contribution in [3.05, 3.63) is 17.1 Å². The number of hydrogen-bond acceptors (Lipinski definition) is 4. The van der Waals surface area contributed by atoms with E-state index in [0.717, 1.165) is 24.4 Å². The molecule has 1 fully saturated rings. The minimum atomic E-state index is -0.934. The van der Waals surface area contributed by atoms with Gasteiger partial charge in [0.15, 0.2) is 0 Å². The summed E-state index contributed by atoms with van der Waals surface area (Å²) in [6.45, 7) is 3.74. The molecule has 1 aliphatic rings. The van der Waals surface area contributed by atoms with Gasteiger partial charge in [-0.2, -0.15) is 0 Å². The number of hydrogen-bond donors (Lipinski definition) is 1. The standard InChI is InChI=1S/C11H14N2O2S/c1-3-16-10-8(11(14)15)6(2)12-9(13-10)7-4-5-7/h7H,3-5H2,1-2H3,(H,14,15). The zero-order chi connectivity index (χ0) is 11.7.